The van der Waals surface area contributed by atoms with Crippen molar-refractivity contribution in [1.29, 1.82) is 0 Å². The van der Waals surface area contributed by atoms with Crippen LogP contribution in [0.25, 0.3) is 0 Å². The molecule has 2 N–H and O–H groups in total. The summed E-state index contributed by atoms with van der Waals surface area (Å²) in [6, 6.07) is 3.37. The molecule has 1 aromatic heterocycles. The average Bonchev–Trinajstić information content (AvgIpc) is 2.52. The highest BCUT2D eigenvalue weighted by atomic mass is 32.2. The van der Waals surface area contributed by atoms with Gasteiger partial charge < -0.3 is 10.2 Å². The lowest BCUT2D eigenvalue weighted by Gasteiger charge is -2.33. The molecule has 0 atom stereocenters. The van der Waals surface area contributed by atoms with Crippen LogP contribution in [0.1, 0.15) is 12.8 Å². The minimum absolute atomic E-state index is 0.0266. The second-order valence-electron chi connectivity index (χ2n) is 5.54. The maximum atomic E-state index is 12.0. The number of piperidine rings is 1. The summed E-state index contributed by atoms with van der Waals surface area (Å²) in [6.07, 6.45) is 5.81. The molecule has 0 saturated carbocycles. The molecule has 126 valence electrons. The fourth-order valence-electron chi connectivity index (χ4n) is 2.60. The van der Waals surface area contributed by atoms with Gasteiger partial charge in [0.25, 0.3) is 0 Å². The number of rotatable bonds is 6. The Labute approximate surface area is 136 Å². The molecule has 2 heterocycles. The maximum Gasteiger partial charge on any atom is 0.229 e. The number of carbonyl (C=O) groups is 1. The molecule has 0 bridgehead atoms. The Kier molecular flexibility index (Phi) is 5.59. The summed E-state index contributed by atoms with van der Waals surface area (Å²) in [7, 11) is -3.36. The summed E-state index contributed by atoms with van der Waals surface area (Å²) in [6.45, 7) is 5.36. The van der Waals surface area contributed by atoms with E-state index in [-0.39, 0.29) is 11.8 Å². The zero-order valence-corrected chi connectivity index (χ0v) is 14.0. The summed E-state index contributed by atoms with van der Waals surface area (Å²) in [5.74, 6) is 0.615. The third-order valence-electron chi connectivity index (χ3n) is 3.67. The molecule has 1 aliphatic heterocycles. The van der Waals surface area contributed by atoms with Crippen LogP contribution in [0.3, 0.4) is 0 Å². The van der Waals surface area contributed by atoms with Crippen molar-refractivity contribution in [1.82, 2.24) is 10.3 Å². The van der Waals surface area contributed by atoms with E-state index in [0.29, 0.717) is 44.0 Å². The van der Waals surface area contributed by atoms with Gasteiger partial charge in [-0.15, -0.1) is 6.58 Å². The highest BCUT2D eigenvalue weighted by Gasteiger charge is 2.26. The molecule has 1 saturated heterocycles. The van der Waals surface area contributed by atoms with Gasteiger partial charge >= 0.3 is 0 Å². The van der Waals surface area contributed by atoms with Crippen LogP contribution in [-0.4, -0.2) is 45.2 Å². The molecule has 1 aliphatic rings. The Hall–Kier alpha value is -2.09. The minimum Gasteiger partial charge on any atom is -0.355 e. The van der Waals surface area contributed by atoms with E-state index in [1.807, 2.05) is 4.90 Å². The van der Waals surface area contributed by atoms with Gasteiger partial charge in [-0.3, -0.25) is 9.52 Å². The fourth-order valence-corrected chi connectivity index (χ4v) is 3.16. The number of hydrogen-bond acceptors (Lipinski definition) is 5. The van der Waals surface area contributed by atoms with Gasteiger partial charge in [-0.1, -0.05) is 6.08 Å². The van der Waals surface area contributed by atoms with Crippen molar-refractivity contribution in [3.05, 3.63) is 31.0 Å². The summed E-state index contributed by atoms with van der Waals surface area (Å²) in [5, 5.41) is 2.82. The zero-order chi connectivity index (χ0) is 16.9. The zero-order valence-electron chi connectivity index (χ0n) is 13.2. The number of aromatic nitrogens is 1. The SMILES string of the molecule is C=CCNC(=O)C1CCN(c2ncccc2NS(C)(=O)=O)CC1. The normalized spacial score (nSPS) is 16.0. The van der Waals surface area contributed by atoms with Gasteiger partial charge in [0.2, 0.25) is 15.9 Å². The molecule has 0 aromatic carbocycles. The van der Waals surface area contributed by atoms with Gasteiger partial charge in [0, 0.05) is 31.7 Å². The Morgan fingerprint density at radius 3 is 2.78 bits per heavy atom. The van der Waals surface area contributed by atoms with Gasteiger partial charge in [-0.05, 0) is 25.0 Å². The number of nitrogens with one attached hydrogen (secondary N) is 2. The van der Waals surface area contributed by atoms with Crippen molar-refractivity contribution >= 4 is 27.4 Å². The first-order valence-corrected chi connectivity index (χ1v) is 9.36. The van der Waals surface area contributed by atoms with Crippen LogP contribution in [-0.2, 0) is 14.8 Å². The van der Waals surface area contributed by atoms with E-state index in [1.54, 1.807) is 24.4 Å². The average molecular weight is 338 g/mol. The number of anilines is 2. The summed E-state index contributed by atoms with van der Waals surface area (Å²) in [5.41, 5.74) is 0.463. The van der Waals surface area contributed by atoms with Crippen molar-refractivity contribution < 1.29 is 13.2 Å². The van der Waals surface area contributed by atoms with E-state index < -0.39 is 10.0 Å². The van der Waals surface area contributed by atoms with Crippen LogP contribution >= 0.6 is 0 Å². The smallest absolute Gasteiger partial charge is 0.229 e. The number of nitrogens with zero attached hydrogens (tertiary/aromatic N) is 2. The predicted octanol–water partition coefficient (Wildman–Crippen LogP) is 0.972. The molecular weight excluding hydrogens is 316 g/mol. The van der Waals surface area contributed by atoms with Crippen LogP contribution in [0.5, 0.6) is 0 Å². The first kappa shape index (κ1) is 17.3. The van der Waals surface area contributed by atoms with Crippen molar-refractivity contribution in [2.75, 3.05) is 35.5 Å². The van der Waals surface area contributed by atoms with E-state index in [2.05, 4.69) is 21.6 Å². The molecule has 0 spiro atoms. The third kappa shape index (κ3) is 4.95. The summed E-state index contributed by atoms with van der Waals surface area (Å²) >= 11 is 0. The van der Waals surface area contributed by atoms with Gasteiger partial charge in [0.05, 0.1) is 11.9 Å². The van der Waals surface area contributed by atoms with E-state index in [9.17, 15) is 13.2 Å². The molecule has 7 nitrogen and oxygen atoms in total. The Morgan fingerprint density at radius 1 is 1.48 bits per heavy atom. The standard InChI is InChI=1S/C15H22N4O3S/c1-3-8-17-15(20)12-6-10-19(11-7-12)14-13(5-4-9-16-14)18-23(2,21)22/h3-5,9,12,18H,1,6-8,10-11H2,2H3,(H,17,20). The van der Waals surface area contributed by atoms with Crippen LogP contribution < -0.4 is 14.9 Å². The molecule has 8 heteroatoms. The molecule has 0 unspecified atom stereocenters. The van der Waals surface area contributed by atoms with Gasteiger partial charge in [-0.25, -0.2) is 13.4 Å². The second kappa shape index (κ2) is 7.45. The van der Waals surface area contributed by atoms with Crippen molar-refractivity contribution in [2.24, 2.45) is 5.92 Å². The minimum atomic E-state index is -3.36. The molecule has 23 heavy (non-hydrogen) atoms. The fraction of sp³-hybridized carbons (Fsp3) is 0.467. The summed E-state index contributed by atoms with van der Waals surface area (Å²) in [4.78, 5) is 18.3. The molecule has 2 rings (SSSR count). The number of pyridine rings is 1. The predicted molar refractivity (Wildman–Crippen MR) is 90.8 cm³/mol. The maximum absolute atomic E-state index is 12.0. The Bertz CT molecular complexity index is 667. The van der Waals surface area contributed by atoms with Crippen LogP contribution in [0.15, 0.2) is 31.0 Å². The highest BCUT2D eigenvalue weighted by molar-refractivity contribution is 7.92. The van der Waals surface area contributed by atoms with Crippen molar-refractivity contribution in [2.45, 2.75) is 12.8 Å². The topological polar surface area (TPSA) is 91.4 Å². The lowest BCUT2D eigenvalue weighted by Crippen LogP contribution is -2.41. The number of amides is 1. The first-order valence-electron chi connectivity index (χ1n) is 7.47. The highest BCUT2D eigenvalue weighted by Crippen LogP contribution is 2.28. The van der Waals surface area contributed by atoms with Crippen molar-refractivity contribution in [3.8, 4) is 0 Å². The summed E-state index contributed by atoms with van der Waals surface area (Å²) < 4.78 is 25.4. The van der Waals surface area contributed by atoms with E-state index in [1.165, 1.54) is 0 Å². The molecular formula is C15H22N4O3S. The Morgan fingerprint density at radius 2 is 2.17 bits per heavy atom. The molecule has 1 amide bonds. The Balaban J connectivity index is 2.03. The van der Waals surface area contributed by atoms with E-state index in [0.717, 1.165) is 6.26 Å². The third-order valence-corrected chi connectivity index (χ3v) is 4.26. The lowest BCUT2D eigenvalue weighted by atomic mass is 9.96. The van der Waals surface area contributed by atoms with E-state index in [4.69, 9.17) is 0 Å². The number of hydrogen-bond donors (Lipinski definition) is 2. The van der Waals surface area contributed by atoms with Gasteiger partial charge in [-0.2, -0.15) is 0 Å². The molecule has 0 aliphatic carbocycles. The van der Waals surface area contributed by atoms with Crippen LogP contribution in [0.4, 0.5) is 11.5 Å². The molecule has 0 radical (unpaired) electrons. The van der Waals surface area contributed by atoms with Crippen LogP contribution in [0.2, 0.25) is 0 Å². The first-order chi connectivity index (χ1) is 10.9. The number of sulfonamides is 1. The molecule has 1 fully saturated rings. The quantitative estimate of drug-likeness (QED) is 0.754. The van der Waals surface area contributed by atoms with E-state index >= 15 is 0 Å². The molecule has 1 aromatic rings. The van der Waals surface area contributed by atoms with Crippen molar-refractivity contribution in [3.63, 3.8) is 0 Å². The monoisotopic (exact) mass is 338 g/mol. The second-order valence-corrected chi connectivity index (χ2v) is 7.29. The van der Waals surface area contributed by atoms with Gasteiger partial charge in [0.15, 0.2) is 5.82 Å². The lowest BCUT2D eigenvalue weighted by molar-refractivity contribution is -0.125. The largest absolute Gasteiger partial charge is 0.355 e. The van der Waals surface area contributed by atoms with Crippen LogP contribution in [0, 0.1) is 5.92 Å². The van der Waals surface area contributed by atoms with Gasteiger partial charge in [0.1, 0.15) is 0 Å². The number of carbonyl (C=O) groups excluding carboxylic acids is 1.